The van der Waals surface area contributed by atoms with Gasteiger partial charge in [-0.2, -0.15) is 0 Å². The second-order valence-corrected chi connectivity index (χ2v) is 3.31. The van der Waals surface area contributed by atoms with Crippen LogP contribution in [-0.4, -0.2) is 50.8 Å². The number of nitrogens with zero attached hydrogens (tertiary/aromatic N) is 1. The molecule has 0 aliphatic rings. The van der Waals surface area contributed by atoms with Crippen LogP contribution in [0, 0.1) is 12.3 Å². The van der Waals surface area contributed by atoms with E-state index in [-0.39, 0.29) is 0 Å². The lowest BCUT2D eigenvalue weighted by Crippen LogP contribution is -2.40. The maximum absolute atomic E-state index is 5.14. The third kappa shape index (κ3) is 5.98. The van der Waals surface area contributed by atoms with Crippen molar-refractivity contribution in [2.45, 2.75) is 19.9 Å². The van der Waals surface area contributed by atoms with Gasteiger partial charge in [-0.1, -0.05) is 12.8 Å². The van der Waals surface area contributed by atoms with Crippen molar-refractivity contribution in [1.29, 1.82) is 0 Å². The summed E-state index contributed by atoms with van der Waals surface area (Å²) >= 11 is 0. The van der Waals surface area contributed by atoms with Crippen molar-refractivity contribution in [3.05, 3.63) is 0 Å². The molecule has 0 heterocycles. The van der Waals surface area contributed by atoms with Crippen molar-refractivity contribution in [3.8, 4) is 12.3 Å². The monoisotopic (exact) mass is 198 g/mol. The number of terminal acetylenes is 1. The Bertz CT molecular complexity index is 165. The van der Waals surface area contributed by atoms with Gasteiger partial charge in [-0.05, 0) is 13.5 Å². The van der Waals surface area contributed by atoms with Crippen molar-refractivity contribution in [2.75, 3.05) is 39.9 Å². The highest BCUT2D eigenvalue weighted by atomic mass is 16.5. The highest BCUT2D eigenvalue weighted by Crippen LogP contribution is 1.97. The zero-order chi connectivity index (χ0) is 10.8. The van der Waals surface area contributed by atoms with Crippen molar-refractivity contribution in [3.63, 3.8) is 0 Å². The second kappa shape index (κ2) is 9.01. The number of methoxy groups -OCH3 is 1. The van der Waals surface area contributed by atoms with Crippen LogP contribution >= 0.6 is 0 Å². The average Bonchev–Trinajstić information content (AvgIpc) is 2.18. The molecule has 0 aromatic heterocycles. The number of ether oxygens (including phenoxy) is 1. The first-order chi connectivity index (χ1) is 6.76. The fraction of sp³-hybridized carbons (Fsp3) is 0.818. The summed E-state index contributed by atoms with van der Waals surface area (Å²) in [6.07, 6.45) is 5.14. The van der Waals surface area contributed by atoms with E-state index in [1.54, 1.807) is 7.11 Å². The molecule has 0 fully saturated rings. The molecule has 0 spiro atoms. The number of nitrogens with one attached hydrogen (secondary N) is 1. The van der Waals surface area contributed by atoms with Crippen molar-refractivity contribution in [1.82, 2.24) is 10.2 Å². The first kappa shape index (κ1) is 13.4. The van der Waals surface area contributed by atoms with Crippen molar-refractivity contribution in [2.24, 2.45) is 0 Å². The molecule has 1 atom stereocenters. The quantitative estimate of drug-likeness (QED) is 0.456. The maximum atomic E-state index is 5.14. The predicted octanol–water partition coefficient (Wildman–Crippen LogP) is 0.566. The molecular weight excluding hydrogens is 176 g/mol. The summed E-state index contributed by atoms with van der Waals surface area (Å²) < 4.78 is 5.12. The lowest BCUT2D eigenvalue weighted by Gasteiger charge is -2.27. The van der Waals surface area contributed by atoms with Gasteiger partial charge in [0.25, 0.3) is 0 Å². The Kier molecular flexibility index (Phi) is 8.65. The minimum absolute atomic E-state index is 0.470. The Morgan fingerprint density at radius 1 is 1.57 bits per heavy atom. The highest BCUT2D eigenvalue weighted by molar-refractivity contribution is 4.86. The Hall–Kier alpha value is -0.560. The molecule has 0 saturated heterocycles. The molecule has 0 aliphatic carbocycles. The summed E-state index contributed by atoms with van der Waals surface area (Å²) in [6, 6.07) is 0.470. The van der Waals surface area contributed by atoms with E-state index in [4.69, 9.17) is 11.2 Å². The van der Waals surface area contributed by atoms with Crippen LogP contribution in [0.4, 0.5) is 0 Å². The van der Waals surface area contributed by atoms with E-state index in [2.05, 4.69) is 30.0 Å². The SMILES string of the molecule is C#CCNCCN(CC)C(C)COC. The summed E-state index contributed by atoms with van der Waals surface area (Å²) in [5, 5.41) is 3.18. The first-order valence-corrected chi connectivity index (χ1v) is 5.13. The third-order valence-corrected chi connectivity index (χ3v) is 2.24. The van der Waals surface area contributed by atoms with Gasteiger partial charge in [0, 0.05) is 26.2 Å². The van der Waals surface area contributed by atoms with E-state index in [0.717, 1.165) is 26.2 Å². The van der Waals surface area contributed by atoms with Crippen LogP contribution in [0.15, 0.2) is 0 Å². The van der Waals surface area contributed by atoms with E-state index in [1.165, 1.54) is 0 Å². The number of rotatable bonds is 8. The summed E-state index contributed by atoms with van der Waals surface area (Å²) in [6.45, 7) is 8.76. The standard InChI is InChI=1S/C11H22N2O/c1-5-7-12-8-9-13(6-2)11(3)10-14-4/h1,11-12H,6-10H2,2-4H3. The largest absolute Gasteiger partial charge is 0.383 e. The van der Waals surface area contributed by atoms with Gasteiger partial charge in [-0.15, -0.1) is 6.42 Å². The van der Waals surface area contributed by atoms with Crippen LogP contribution in [0.5, 0.6) is 0 Å². The highest BCUT2D eigenvalue weighted by Gasteiger charge is 2.10. The summed E-state index contributed by atoms with van der Waals surface area (Å²) in [4.78, 5) is 2.37. The van der Waals surface area contributed by atoms with Crippen LogP contribution in [0.2, 0.25) is 0 Å². The van der Waals surface area contributed by atoms with Gasteiger partial charge in [0.15, 0.2) is 0 Å². The molecule has 0 aromatic rings. The topological polar surface area (TPSA) is 24.5 Å². The summed E-state index contributed by atoms with van der Waals surface area (Å²) in [5.74, 6) is 2.56. The average molecular weight is 198 g/mol. The van der Waals surface area contributed by atoms with Crippen LogP contribution in [0.3, 0.4) is 0 Å². The van der Waals surface area contributed by atoms with Gasteiger partial charge in [-0.3, -0.25) is 4.90 Å². The molecule has 0 aromatic carbocycles. The fourth-order valence-corrected chi connectivity index (χ4v) is 1.42. The molecule has 3 nitrogen and oxygen atoms in total. The molecule has 0 radical (unpaired) electrons. The molecule has 1 unspecified atom stereocenters. The molecular formula is C11H22N2O. The van der Waals surface area contributed by atoms with E-state index < -0.39 is 0 Å². The molecule has 0 amide bonds. The van der Waals surface area contributed by atoms with E-state index in [9.17, 15) is 0 Å². The molecule has 0 saturated carbocycles. The summed E-state index contributed by atoms with van der Waals surface area (Å²) in [5.41, 5.74) is 0. The smallest absolute Gasteiger partial charge is 0.0615 e. The predicted molar refractivity (Wildman–Crippen MR) is 60.3 cm³/mol. The third-order valence-electron chi connectivity index (χ3n) is 2.24. The van der Waals surface area contributed by atoms with Gasteiger partial charge in [-0.25, -0.2) is 0 Å². The molecule has 82 valence electrons. The number of hydrogen-bond donors (Lipinski definition) is 1. The van der Waals surface area contributed by atoms with Crippen LogP contribution in [0.25, 0.3) is 0 Å². The molecule has 3 heteroatoms. The Morgan fingerprint density at radius 2 is 2.29 bits per heavy atom. The van der Waals surface area contributed by atoms with Gasteiger partial charge in [0.1, 0.15) is 0 Å². The fourth-order valence-electron chi connectivity index (χ4n) is 1.42. The van der Waals surface area contributed by atoms with Crippen LogP contribution in [-0.2, 0) is 4.74 Å². The van der Waals surface area contributed by atoms with Gasteiger partial charge >= 0.3 is 0 Å². The van der Waals surface area contributed by atoms with Crippen molar-refractivity contribution >= 4 is 0 Å². The zero-order valence-electron chi connectivity index (χ0n) is 9.55. The lowest BCUT2D eigenvalue weighted by molar-refractivity contribution is 0.103. The first-order valence-electron chi connectivity index (χ1n) is 5.13. The molecule has 0 rings (SSSR count). The number of hydrogen-bond acceptors (Lipinski definition) is 3. The van der Waals surface area contributed by atoms with Gasteiger partial charge in [0.2, 0.25) is 0 Å². The zero-order valence-corrected chi connectivity index (χ0v) is 9.55. The summed E-state index contributed by atoms with van der Waals surface area (Å²) in [7, 11) is 1.74. The Balaban J connectivity index is 3.62. The normalized spacial score (nSPS) is 12.8. The number of likely N-dealkylation sites (N-methyl/N-ethyl adjacent to an activating group) is 1. The molecule has 0 bridgehead atoms. The Labute approximate surface area is 87.8 Å². The molecule has 1 N–H and O–H groups in total. The van der Waals surface area contributed by atoms with Gasteiger partial charge in [0.05, 0.1) is 13.2 Å². The van der Waals surface area contributed by atoms with Gasteiger partial charge < -0.3 is 10.1 Å². The van der Waals surface area contributed by atoms with E-state index >= 15 is 0 Å². The maximum Gasteiger partial charge on any atom is 0.0615 e. The Morgan fingerprint density at radius 3 is 2.79 bits per heavy atom. The van der Waals surface area contributed by atoms with E-state index in [1.807, 2.05) is 0 Å². The van der Waals surface area contributed by atoms with Crippen LogP contribution < -0.4 is 5.32 Å². The molecule has 14 heavy (non-hydrogen) atoms. The minimum atomic E-state index is 0.470. The van der Waals surface area contributed by atoms with Crippen LogP contribution in [0.1, 0.15) is 13.8 Å². The van der Waals surface area contributed by atoms with E-state index in [0.29, 0.717) is 12.6 Å². The second-order valence-electron chi connectivity index (χ2n) is 3.31. The minimum Gasteiger partial charge on any atom is -0.383 e. The molecule has 0 aliphatic heterocycles. The van der Waals surface area contributed by atoms with Crippen molar-refractivity contribution < 1.29 is 4.74 Å². The lowest BCUT2D eigenvalue weighted by atomic mass is 10.3.